The molecular formula is C19H18N4O2S2. The van der Waals surface area contributed by atoms with Crippen molar-refractivity contribution in [2.75, 3.05) is 13.2 Å². The molecule has 4 rings (SSSR count). The van der Waals surface area contributed by atoms with E-state index in [2.05, 4.69) is 9.97 Å². The highest BCUT2D eigenvalue weighted by Crippen LogP contribution is 2.32. The molecule has 0 amide bonds. The Balaban J connectivity index is 1.77. The van der Waals surface area contributed by atoms with Crippen LogP contribution in [-0.4, -0.2) is 32.7 Å². The van der Waals surface area contributed by atoms with E-state index in [4.69, 9.17) is 9.72 Å². The molecule has 0 bridgehead atoms. The van der Waals surface area contributed by atoms with E-state index in [0.717, 1.165) is 21.7 Å². The van der Waals surface area contributed by atoms with Crippen LogP contribution in [0.4, 0.5) is 0 Å². The van der Waals surface area contributed by atoms with E-state index in [1.54, 1.807) is 22.2 Å². The first kappa shape index (κ1) is 18.1. The van der Waals surface area contributed by atoms with E-state index in [0.29, 0.717) is 35.8 Å². The molecule has 0 aliphatic heterocycles. The summed E-state index contributed by atoms with van der Waals surface area (Å²) in [7, 11) is 0. The molecule has 3 heterocycles. The summed E-state index contributed by atoms with van der Waals surface area (Å²) in [6.07, 6.45) is 2.30. The predicted octanol–water partition coefficient (Wildman–Crippen LogP) is 3.98. The van der Waals surface area contributed by atoms with E-state index in [9.17, 15) is 4.79 Å². The molecule has 8 heteroatoms. The van der Waals surface area contributed by atoms with Crippen LogP contribution in [0.3, 0.4) is 0 Å². The summed E-state index contributed by atoms with van der Waals surface area (Å²) in [6.45, 7) is 3.80. The lowest BCUT2D eigenvalue weighted by molar-refractivity contribution is 0.140. The summed E-state index contributed by atoms with van der Waals surface area (Å²) in [5, 5.41) is 5.05. The SMILES string of the molecule is CCOCCCn1c(Sc2ncnc3sccc23)nc2ccccc2c1=O. The largest absolute Gasteiger partial charge is 0.382 e. The molecule has 27 heavy (non-hydrogen) atoms. The van der Waals surface area contributed by atoms with Crippen molar-refractivity contribution in [1.29, 1.82) is 0 Å². The monoisotopic (exact) mass is 398 g/mol. The van der Waals surface area contributed by atoms with Gasteiger partial charge in [-0.25, -0.2) is 15.0 Å². The minimum atomic E-state index is -0.0322. The number of para-hydroxylation sites is 1. The van der Waals surface area contributed by atoms with Gasteiger partial charge in [0.1, 0.15) is 16.2 Å². The molecule has 4 aromatic rings. The molecule has 0 N–H and O–H groups in total. The number of fused-ring (bicyclic) bond motifs is 2. The van der Waals surface area contributed by atoms with Crippen LogP contribution in [0.5, 0.6) is 0 Å². The van der Waals surface area contributed by atoms with Gasteiger partial charge in [-0.15, -0.1) is 11.3 Å². The van der Waals surface area contributed by atoms with Gasteiger partial charge in [-0.2, -0.15) is 0 Å². The Morgan fingerprint density at radius 3 is 2.96 bits per heavy atom. The van der Waals surface area contributed by atoms with Gasteiger partial charge in [-0.05, 0) is 48.7 Å². The predicted molar refractivity (Wildman–Crippen MR) is 109 cm³/mol. The second-order valence-corrected chi connectivity index (χ2v) is 7.69. The third-order valence-electron chi connectivity index (χ3n) is 4.11. The van der Waals surface area contributed by atoms with E-state index < -0.39 is 0 Å². The quantitative estimate of drug-likeness (QED) is 0.266. The van der Waals surface area contributed by atoms with E-state index >= 15 is 0 Å². The van der Waals surface area contributed by atoms with Crippen molar-refractivity contribution in [3.8, 4) is 0 Å². The van der Waals surface area contributed by atoms with Crippen LogP contribution < -0.4 is 5.56 Å². The molecule has 0 radical (unpaired) electrons. The molecule has 0 aliphatic rings. The number of nitrogens with zero attached hydrogens (tertiary/aromatic N) is 4. The van der Waals surface area contributed by atoms with Crippen LogP contribution in [0, 0.1) is 0 Å². The fourth-order valence-corrected chi connectivity index (χ4v) is 4.60. The zero-order valence-corrected chi connectivity index (χ0v) is 16.4. The van der Waals surface area contributed by atoms with Crippen LogP contribution in [0.2, 0.25) is 0 Å². The smallest absolute Gasteiger partial charge is 0.262 e. The molecule has 0 aliphatic carbocycles. The summed E-state index contributed by atoms with van der Waals surface area (Å²) in [5.41, 5.74) is 0.664. The van der Waals surface area contributed by atoms with Crippen LogP contribution >= 0.6 is 23.1 Å². The molecule has 3 aromatic heterocycles. The summed E-state index contributed by atoms with van der Waals surface area (Å²) >= 11 is 2.98. The molecule has 1 aromatic carbocycles. The number of hydrogen-bond donors (Lipinski definition) is 0. The fourth-order valence-electron chi connectivity index (χ4n) is 2.83. The zero-order valence-electron chi connectivity index (χ0n) is 14.8. The van der Waals surface area contributed by atoms with Crippen LogP contribution in [0.15, 0.2) is 57.0 Å². The van der Waals surface area contributed by atoms with E-state index in [1.165, 1.54) is 11.8 Å². The second kappa shape index (κ2) is 8.16. The second-order valence-electron chi connectivity index (χ2n) is 5.84. The summed E-state index contributed by atoms with van der Waals surface area (Å²) in [6, 6.07) is 9.44. The Hall–Kier alpha value is -2.29. The Morgan fingerprint density at radius 2 is 2.07 bits per heavy atom. The molecule has 0 fully saturated rings. The molecule has 0 saturated heterocycles. The summed E-state index contributed by atoms with van der Waals surface area (Å²) in [5.74, 6) is 0. The minimum Gasteiger partial charge on any atom is -0.382 e. The van der Waals surface area contributed by atoms with Crippen molar-refractivity contribution in [3.05, 3.63) is 52.4 Å². The Bertz CT molecular complexity index is 1140. The first-order valence-electron chi connectivity index (χ1n) is 8.71. The van der Waals surface area contributed by atoms with Gasteiger partial charge in [0.05, 0.1) is 10.9 Å². The van der Waals surface area contributed by atoms with Gasteiger partial charge in [0.15, 0.2) is 5.16 Å². The molecule has 6 nitrogen and oxygen atoms in total. The molecule has 138 valence electrons. The van der Waals surface area contributed by atoms with Crippen molar-refractivity contribution >= 4 is 44.2 Å². The lowest BCUT2D eigenvalue weighted by Gasteiger charge is -2.13. The normalized spacial score (nSPS) is 11.4. The number of hydrogen-bond acceptors (Lipinski definition) is 7. The maximum atomic E-state index is 13.1. The molecule has 0 unspecified atom stereocenters. The van der Waals surface area contributed by atoms with Gasteiger partial charge >= 0.3 is 0 Å². The summed E-state index contributed by atoms with van der Waals surface area (Å²) < 4.78 is 7.15. The number of ether oxygens (including phenoxy) is 1. The maximum Gasteiger partial charge on any atom is 0.262 e. The molecule has 0 saturated carbocycles. The average molecular weight is 399 g/mol. The lowest BCUT2D eigenvalue weighted by Crippen LogP contribution is -2.24. The standard InChI is InChI=1S/C19H18N4O2S2/c1-2-25-10-5-9-23-18(24)13-6-3-4-7-15(13)22-19(23)27-17-14-8-11-26-16(14)20-12-21-17/h3-4,6-8,11-12H,2,5,9-10H2,1H3. The molecule has 0 atom stereocenters. The Morgan fingerprint density at radius 1 is 1.19 bits per heavy atom. The zero-order chi connectivity index (χ0) is 18.6. The van der Waals surface area contributed by atoms with E-state index in [1.807, 2.05) is 42.6 Å². The van der Waals surface area contributed by atoms with Crippen molar-refractivity contribution in [3.63, 3.8) is 0 Å². The van der Waals surface area contributed by atoms with Crippen LogP contribution in [0.25, 0.3) is 21.1 Å². The maximum absolute atomic E-state index is 13.1. The highest BCUT2D eigenvalue weighted by atomic mass is 32.2. The van der Waals surface area contributed by atoms with Gasteiger partial charge < -0.3 is 4.74 Å². The number of thiophene rings is 1. The highest BCUT2D eigenvalue weighted by Gasteiger charge is 2.15. The van der Waals surface area contributed by atoms with E-state index in [-0.39, 0.29) is 5.56 Å². The van der Waals surface area contributed by atoms with Gasteiger partial charge in [-0.1, -0.05) is 12.1 Å². The average Bonchev–Trinajstić information content (AvgIpc) is 3.17. The Labute approximate surface area is 164 Å². The first-order valence-corrected chi connectivity index (χ1v) is 10.4. The number of aromatic nitrogens is 4. The molecular weight excluding hydrogens is 380 g/mol. The highest BCUT2D eigenvalue weighted by molar-refractivity contribution is 7.99. The van der Waals surface area contributed by atoms with Crippen molar-refractivity contribution in [2.24, 2.45) is 0 Å². The Kier molecular flexibility index (Phi) is 5.47. The van der Waals surface area contributed by atoms with Crippen LogP contribution in [0.1, 0.15) is 13.3 Å². The van der Waals surface area contributed by atoms with Gasteiger partial charge in [-0.3, -0.25) is 9.36 Å². The first-order chi connectivity index (χ1) is 13.3. The fraction of sp³-hybridized carbons (Fsp3) is 0.263. The third kappa shape index (κ3) is 3.73. The molecule has 0 spiro atoms. The summed E-state index contributed by atoms with van der Waals surface area (Å²) in [4.78, 5) is 27.4. The third-order valence-corrected chi connectivity index (χ3v) is 5.95. The lowest BCUT2D eigenvalue weighted by atomic mass is 10.2. The van der Waals surface area contributed by atoms with Crippen molar-refractivity contribution in [1.82, 2.24) is 19.5 Å². The van der Waals surface area contributed by atoms with Crippen molar-refractivity contribution < 1.29 is 4.74 Å². The van der Waals surface area contributed by atoms with Gasteiger partial charge in [0, 0.05) is 25.1 Å². The number of rotatable bonds is 7. The topological polar surface area (TPSA) is 69.9 Å². The minimum absolute atomic E-state index is 0.0322. The van der Waals surface area contributed by atoms with Crippen LogP contribution in [-0.2, 0) is 11.3 Å². The van der Waals surface area contributed by atoms with Gasteiger partial charge in [0.2, 0.25) is 0 Å². The van der Waals surface area contributed by atoms with Gasteiger partial charge in [0.25, 0.3) is 5.56 Å². The number of benzene rings is 1. The van der Waals surface area contributed by atoms with Crippen molar-refractivity contribution in [2.45, 2.75) is 30.1 Å².